The topological polar surface area (TPSA) is 89.9 Å². The van der Waals surface area contributed by atoms with Crippen LogP contribution >= 0.6 is 0 Å². The predicted molar refractivity (Wildman–Crippen MR) is 70.9 cm³/mol. The molecule has 1 fully saturated rings. The van der Waals surface area contributed by atoms with Gasteiger partial charge in [-0.05, 0) is 25.7 Å². The van der Waals surface area contributed by atoms with Gasteiger partial charge in [-0.15, -0.1) is 0 Å². The van der Waals surface area contributed by atoms with Gasteiger partial charge in [0.1, 0.15) is 0 Å². The Kier molecular flexibility index (Phi) is 5.60. The van der Waals surface area contributed by atoms with E-state index in [1.807, 2.05) is 0 Å². The molecule has 19 heavy (non-hydrogen) atoms. The number of rotatable bonds is 5. The summed E-state index contributed by atoms with van der Waals surface area (Å²) < 4.78 is 0. The third kappa shape index (κ3) is 4.70. The lowest BCUT2D eigenvalue weighted by atomic mass is 9.93. The quantitative estimate of drug-likeness (QED) is 0.697. The highest BCUT2D eigenvalue weighted by molar-refractivity contribution is 5.79. The molecular weight excluding hydrogens is 248 g/mol. The van der Waals surface area contributed by atoms with Crippen LogP contribution in [0, 0.1) is 5.92 Å². The van der Waals surface area contributed by atoms with E-state index in [0.29, 0.717) is 19.0 Å². The number of carbonyl (C=O) groups is 2. The van der Waals surface area contributed by atoms with Crippen molar-refractivity contribution in [2.24, 2.45) is 5.92 Å². The number of urea groups is 1. The van der Waals surface area contributed by atoms with Crippen molar-refractivity contribution in [3.8, 4) is 0 Å². The molecule has 0 radical (unpaired) electrons. The molecule has 1 heterocycles. The largest absolute Gasteiger partial charge is 0.479 e. The summed E-state index contributed by atoms with van der Waals surface area (Å²) in [5.74, 6) is -0.648. The summed E-state index contributed by atoms with van der Waals surface area (Å²) in [7, 11) is 0. The molecule has 6 nitrogen and oxygen atoms in total. The minimum atomic E-state index is -1.92. The van der Waals surface area contributed by atoms with E-state index >= 15 is 0 Å². The number of carboxylic acids is 1. The molecule has 110 valence electrons. The fraction of sp³-hybridized carbons (Fsp3) is 0.846. The molecule has 6 heteroatoms. The zero-order valence-electron chi connectivity index (χ0n) is 11.7. The van der Waals surface area contributed by atoms with Gasteiger partial charge in [0.05, 0.1) is 6.54 Å². The number of nitrogens with one attached hydrogen (secondary N) is 1. The Morgan fingerprint density at radius 2 is 1.95 bits per heavy atom. The Labute approximate surface area is 113 Å². The lowest BCUT2D eigenvalue weighted by Crippen LogP contribution is -2.51. The Hall–Kier alpha value is -1.30. The third-order valence-electron chi connectivity index (χ3n) is 3.64. The predicted octanol–water partition coefficient (Wildman–Crippen LogP) is 1.04. The van der Waals surface area contributed by atoms with Crippen molar-refractivity contribution in [1.82, 2.24) is 10.2 Å². The Morgan fingerprint density at radius 1 is 1.37 bits per heavy atom. The molecule has 2 amide bonds. The summed E-state index contributed by atoms with van der Waals surface area (Å²) in [5.41, 5.74) is -1.92. The van der Waals surface area contributed by atoms with Crippen molar-refractivity contribution in [3.05, 3.63) is 0 Å². The SMILES string of the molecule is CCCC1CCN(C(=O)NCC(C)(O)C(=O)O)CC1. The Bertz CT molecular complexity index is 323. The molecular formula is C13H24N2O4. The monoisotopic (exact) mass is 272 g/mol. The molecule has 0 aromatic heterocycles. The molecule has 0 aromatic carbocycles. The molecule has 1 rings (SSSR count). The number of nitrogens with zero attached hydrogens (tertiary/aromatic N) is 1. The number of hydrogen-bond donors (Lipinski definition) is 3. The molecule has 0 saturated carbocycles. The first-order valence-corrected chi connectivity index (χ1v) is 6.85. The maximum atomic E-state index is 11.8. The molecule has 1 aliphatic heterocycles. The zero-order chi connectivity index (χ0) is 14.5. The van der Waals surface area contributed by atoms with Crippen molar-refractivity contribution in [2.75, 3.05) is 19.6 Å². The van der Waals surface area contributed by atoms with Gasteiger partial charge in [-0.25, -0.2) is 9.59 Å². The molecule has 0 spiro atoms. The van der Waals surface area contributed by atoms with Crippen LogP contribution in [0.4, 0.5) is 4.79 Å². The van der Waals surface area contributed by atoms with Gasteiger partial charge >= 0.3 is 12.0 Å². The number of likely N-dealkylation sites (tertiary alicyclic amines) is 1. The van der Waals surface area contributed by atoms with Crippen molar-refractivity contribution >= 4 is 12.0 Å². The summed E-state index contributed by atoms with van der Waals surface area (Å²) in [6, 6.07) is -0.295. The highest BCUT2D eigenvalue weighted by Crippen LogP contribution is 2.21. The lowest BCUT2D eigenvalue weighted by Gasteiger charge is -2.32. The molecule has 0 bridgehead atoms. The molecule has 1 unspecified atom stereocenters. The van der Waals surface area contributed by atoms with E-state index in [4.69, 9.17) is 5.11 Å². The van der Waals surface area contributed by atoms with Gasteiger partial charge in [-0.1, -0.05) is 19.8 Å². The average Bonchev–Trinajstić information content (AvgIpc) is 2.37. The van der Waals surface area contributed by atoms with Crippen molar-refractivity contribution in [2.45, 2.75) is 45.1 Å². The molecule has 0 aliphatic carbocycles. The molecule has 1 saturated heterocycles. The molecule has 3 N–H and O–H groups in total. The van der Waals surface area contributed by atoms with Gasteiger partial charge in [0, 0.05) is 13.1 Å². The van der Waals surface area contributed by atoms with Crippen LogP contribution in [0.5, 0.6) is 0 Å². The Morgan fingerprint density at radius 3 is 2.42 bits per heavy atom. The first-order chi connectivity index (χ1) is 8.86. The third-order valence-corrected chi connectivity index (χ3v) is 3.64. The van der Waals surface area contributed by atoms with Crippen LogP contribution in [-0.2, 0) is 4.79 Å². The lowest BCUT2D eigenvalue weighted by molar-refractivity contribution is -0.155. The second kappa shape index (κ2) is 6.75. The van der Waals surface area contributed by atoms with Crippen molar-refractivity contribution in [3.63, 3.8) is 0 Å². The number of amides is 2. The van der Waals surface area contributed by atoms with Crippen molar-refractivity contribution in [1.29, 1.82) is 0 Å². The van der Waals surface area contributed by atoms with Gasteiger partial charge in [-0.3, -0.25) is 0 Å². The Balaban J connectivity index is 2.34. The van der Waals surface area contributed by atoms with Crippen LogP contribution in [0.2, 0.25) is 0 Å². The highest BCUT2D eigenvalue weighted by atomic mass is 16.4. The summed E-state index contributed by atoms with van der Waals surface area (Å²) in [5, 5.41) is 20.7. The standard InChI is InChI=1S/C13H24N2O4/c1-3-4-10-5-7-15(8-6-10)12(18)14-9-13(2,19)11(16)17/h10,19H,3-9H2,1-2H3,(H,14,18)(H,16,17). The number of hydrogen-bond acceptors (Lipinski definition) is 3. The van der Waals surface area contributed by atoms with Crippen molar-refractivity contribution < 1.29 is 19.8 Å². The van der Waals surface area contributed by atoms with E-state index in [1.165, 1.54) is 19.8 Å². The van der Waals surface area contributed by atoms with Gasteiger partial charge in [0.2, 0.25) is 0 Å². The normalized spacial score (nSPS) is 19.8. The van der Waals surface area contributed by atoms with Gasteiger partial charge in [0.25, 0.3) is 0 Å². The maximum Gasteiger partial charge on any atom is 0.337 e. The van der Waals surface area contributed by atoms with Crippen LogP contribution in [-0.4, -0.2) is 52.3 Å². The zero-order valence-corrected chi connectivity index (χ0v) is 11.7. The minimum Gasteiger partial charge on any atom is -0.479 e. The number of carbonyl (C=O) groups excluding carboxylic acids is 1. The van der Waals surface area contributed by atoms with Crippen LogP contribution in [0.1, 0.15) is 39.5 Å². The molecule has 1 atom stereocenters. The van der Waals surface area contributed by atoms with E-state index in [9.17, 15) is 14.7 Å². The van der Waals surface area contributed by atoms with E-state index in [0.717, 1.165) is 12.8 Å². The fourth-order valence-corrected chi connectivity index (χ4v) is 2.27. The van der Waals surface area contributed by atoms with Gasteiger partial charge in [-0.2, -0.15) is 0 Å². The summed E-state index contributed by atoms with van der Waals surface area (Å²) >= 11 is 0. The fourth-order valence-electron chi connectivity index (χ4n) is 2.27. The molecule has 0 aromatic rings. The van der Waals surface area contributed by atoms with E-state index in [2.05, 4.69) is 12.2 Å². The second-order valence-electron chi connectivity index (χ2n) is 5.46. The van der Waals surface area contributed by atoms with Crippen LogP contribution < -0.4 is 5.32 Å². The van der Waals surface area contributed by atoms with Crippen LogP contribution in [0.25, 0.3) is 0 Å². The van der Waals surface area contributed by atoms with E-state index in [1.54, 1.807) is 4.90 Å². The number of carboxylic acid groups (broad SMARTS) is 1. The number of piperidine rings is 1. The van der Waals surface area contributed by atoms with Crippen LogP contribution in [0.15, 0.2) is 0 Å². The highest BCUT2D eigenvalue weighted by Gasteiger charge is 2.31. The second-order valence-corrected chi connectivity index (χ2v) is 5.46. The maximum absolute atomic E-state index is 11.8. The average molecular weight is 272 g/mol. The van der Waals surface area contributed by atoms with Crippen LogP contribution in [0.3, 0.4) is 0 Å². The first-order valence-electron chi connectivity index (χ1n) is 6.85. The first kappa shape index (κ1) is 15.8. The van der Waals surface area contributed by atoms with Gasteiger partial charge < -0.3 is 20.4 Å². The number of aliphatic hydroxyl groups is 1. The minimum absolute atomic E-state index is 0.282. The molecule has 1 aliphatic rings. The summed E-state index contributed by atoms with van der Waals surface area (Å²) in [6.07, 6.45) is 4.36. The smallest absolute Gasteiger partial charge is 0.337 e. The van der Waals surface area contributed by atoms with E-state index < -0.39 is 11.6 Å². The van der Waals surface area contributed by atoms with E-state index in [-0.39, 0.29) is 12.6 Å². The summed E-state index contributed by atoms with van der Waals surface area (Å²) in [6.45, 7) is 4.45. The van der Waals surface area contributed by atoms with Gasteiger partial charge in [0.15, 0.2) is 5.60 Å². The summed E-state index contributed by atoms with van der Waals surface area (Å²) in [4.78, 5) is 24.2. The number of aliphatic carboxylic acids is 1.